The van der Waals surface area contributed by atoms with Crippen molar-refractivity contribution in [2.24, 2.45) is 0 Å². The summed E-state index contributed by atoms with van der Waals surface area (Å²) in [7, 11) is 0. The Bertz CT molecular complexity index is 1170. The molecule has 156 valence electrons. The Labute approximate surface area is 185 Å². The van der Waals surface area contributed by atoms with Gasteiger partial charge in [-0.2, -0.15) is 0 Å². The van der Waals surface area contributed by atoms with Crippen molar-refractivity contribution in [3.05, 3.63) is 84.2 Å². The summed E-state index contributed by atoms with van der Waals surface area (Å²) in [5, 5.41) is 12.1. The molecular weight excluding hydrogens is 406 g/mol. The highest BCUT2D eigenvalue weighted by atomic mass is 32.2. The molecule has 0 saturated heterocycles. The zero-order chi connectivity index (χ0) is 21.8. The number of nitrogens with one attached hydrogen (secondary N) is 1. The first-order valence-electron chi connectivity index (χ1n) is 9.98. The number of pyridine rings is 1. The lowest BCUT2D eigenvalue weighted by Gasteiger charge is -2.14. The Morgan fingerprint density at radius 3 is 2.29 bits per heavy atom. The summed E-state index contributed by atoms with van der Waals surface area (Å²) in [6, 6.07) is 19.7. The van der Waals surface area contributed by atoms with Gasteiger partial charge in [-0.05, 0) is 57.2 Å². The molecule has 0 radical (unpaired) electrons. The first kappa shape index (κ1) is 20.8. The van der Waals surface area contributed by atoms with Crippen LogP contribution in [0, 0.1) is 13.8 Å². The van der Waals surface area contributed by atoms with Crippen molar-refractivity contribution in [1.29, 1.82) is 0 Å². The average Bonchev–Trinajstić information content (AvgIpc) is 3.20. The second-order valence-corrected chi connectivity index (χ2v) is 8.64. The molecule has 4 aromatic rings. The molecular formula is C24H23N5OS. The Balaban J connectivity index is 1.63. The topological polar surface area (TPSA) is 72.7 Å². The number of carbonyl (C=O) groups excluding carboxylic acids is 1. The van der Waals surface area contributed by atoms with Gasteiger partial charge in [0, 0.05) is 29.3 Å². The quantitative estimate of drug-likeness (QED) is 0.434. The fourth-order valence-corrected chi connectivity index (χ4v) is 3.91. The van der Waals surface area contributed by atoms with Crippen molar-refractivity contribution in [1.82, 2.24) is 19.7 Å². The lowest BCUT2D eigenvalue weighted by atomic mass is 10.2. The molecule has 0 aliphatic rings. The van der Waals surface area contributed by atoms with Crippen LogP contribution in [0.25, 0.3) is 17.1 Å². The van der Waals surface area contributed by atoms with Gasteiger partial charge in [-0.15, -0.1) is 10.2 Å². The third kappa shape index (κ3) is 4.83. The Hall–Kier alpha value is -3.45. The van der Waals surface area contributed by atoms with Gasteiger partial charge in [0.15, 0.2) is 11.0 Å². The first-order chi connectivity index (χ1) is 15.0. The monoisotopic (exact) mass is 429 g/mol. The van der Waals surface area contributed by atoms with Gasteiger partial charge in [0.05, 0.1) is 5.25 Å². The molecule has 2 heterocycles. The van der Waals surface area contributed by atoms with Crippen LogP contribution in [0.4, 0.5) is 5.69 Å². The number of benzene rings is 2. The fraction of sp³-hybridized carbons (Fsp3) is 0.167. The number of anilines is 1. The van der Waals surface area contributed by atoms with Gasteiger partial charge in [0.25, 0.3) is 0 Å². The van der Waals surface area contributed by atoms with E-state index >= 15 is 0 Å². The van der Waals surface area contributed by atoms with Crippen molar-refractivity contribution in [3.8, 4) is 17.1 Å². The van der Waals surface area contributed by atoms with Crippen LogP contribution in [0.1, 0.15) is 18.1 Å². The van der Waals surface area contributed by atoms with E-state index in [2.05, 4.69) is 20.5 Å². The summed E-state index contributed by atoms with van der Waals surface area (Å²) in [6.07, 6.45) is 3.49. The summed E-state index contributed by atoms with van der Waals surface area (Å²) >= 11 is 1.37. The third-order valence-electron chi connectivity index (χ3n) is 4.82. The molecule has 0 spiro atoms. The van der Waals surface area contributed by atoms with Crippen molar-refractivity contribution >= 4 is 23.4 Å². The lowest BCUT2D eigenvalue weighted by molar-refractivity contribution is -0.115. The Morgan fingerprint density at radius 1 is 0.968 bits per heavy atom. The smallest absolute Gasteiger partial charge is 0.237 e. The van der Waals surface area contributed by atoms with Gasteiger partial charge >= 0.3 is 0 Å². The molecule has 4 rings (SSSR count). The number of amides is 1. The maximum Gasteiger partial charge on any atom is 0.237 e. The molecule has 0 bridgehead atoms. The molecule has 2 aromatic heterocycles. The van der Waals surface area contributed by atoms with Crippen LogP contribution in [0.5, 0.6) is 0 Å². The molecule has 0 aliphatic heterocycles. The fourth-order valence-electron chi connectivity index (χ4n) is 3.05. The predicted octanol–water partition coefficient (Wildman–Crippen LogP) is 5.07. The molecule has 1 amide bonds. The molecule has 0 aliphatic carbocycles. The van der Waals surface area contributed by atoms with Crippen LogP contribution < -0.4 is 5.32 Å². The summed E-state index contributed by atoms with van der Waals surface area (Å²) in [6.45, 7) is 5.93. The molecule has 1 unspecified atom stereocenters. The van der Waals surface area contributed by atoms with Crippen LogP contribution in [0.15, 0.2) is 78.2 Å². The number of nitrogens with zero attached hydrogens (tertiary/aromatic N) is 4. The molecule has 31 heavy (non-hydrogen) atoms. The number of hydrogen-bond acceptors (Lipinski definition) is 5. The summed E-state index contributed by atoms with van der Waals surface area (Å²) in [5.41, 5.74) is 4.88. The van der Waals surface area contributed by atoms with Crippen molar-refractivity contribution in [2.45, 2.75) is 31.2 Å². The molecule has 7 heteroatoms. The van der Waals surface area contributed by atoms with E-state index in [4.69, 9.17) is 0 Å². The summed E-state index contributed by atoms with van der Waals surface area (Å²) in [5.74, 6) is 0.598. The van der Waals surface area contributed by atoms with E-state index in [0.29, 0.717) is 11.0 Å². The minimum atomic E-state index is -0.364. The van der Waals surface area contributed by atoms with Crippen molar-refractivity contribution in [2.75, 3.05) is 5.32 Å². The van der Waals surface area contributed by atoms with Gasteiger partial charge in [0.2, 0.25) is 5.91 Å². The summed E-state index contributed by atoms with van der Waals surface area (Å²) < 4.78 is 1.97. The van der Waals surface area contributed by atoms with E-state index in [9.17, 15) is 4.79 Å². The lowest BCUT2D eigenvalue weighted by Crippen LogP contribution is -2.22. The number of aryl methyl sites for hydroxylation is 2. The van der Waals surface area contributed by atoms with E-state index in [1.54, 1.807) is 12.4 Å². The minimum absolute atomic E-state index is 0.0877. The van der Waals surface area contributed by atoms with Crippen LogP contribution >= 0.6 is 11.8 Å². The normalized spacial score (nSPS) is 11.8. The molecule has 2 aromatic carbocycles. The molecule has 0 fully saturated rings. The van der Waals surface area contributed by atoms with E-state index in [1.807, 2.05) is 86.0 Å². The largest absolute Gasteiger partial charge is 0.325 e. The second-order valence-electron chi connectivity index (χ2n) is 7.33. The van der Waals surface area contributed by atoms with Crippen LogP contribution in [-0.4, -0.2) is 30.9 Å². The maximum atomic E-state index is 12.8. The minimum Gasteiger partial charge on any atom is -0.325 e. The number of carbonyl (C=O) groups is 1. The van der Waals surface area contributed by atoms with E-state index in [0.717, 1.165) is 22.5 Å². The van der Waals surface area contributed by atoms with Crippen LogP contribution in [-0.2, 0) is 4.79 Å². The highest BCUT2D eigenvalue weighted by Crippen LogP contribution is 2.30. The number of aromatic nitrogens is 4. The molecule has 0 saturated carbocycles. The second kappa shape index (κ2) is 9.14. The Kier molecular flexibility index (Phi) is 6.13. The van der Waals surface area contributed by atoms with Crippen LogP contribution in [0.2, 0.25) is 0 Å². The maximum absolute atomic E-state index is 12.8. The highest BCUT2D eigenvalue weighted by Gasteiger charge is 2.22. The van der Waals surface area contributed by atoms with Gasteiger partial charge in [-0.3, -0.25) is 14.3 Å². The molecule has 1 atom stereocenters. The number of thioether (sulfide) groups is 1. The number of hydrogen-bond donors (Lipinski definition) is 1. The van der Waals surface area contributed by atoms with Gasteiger partial charge in [-0.25, -0.2) is 0 Å². The first-order valence-corrected chi connectivity index (χ1v) is 10.9. The molecule has 6 nitrogen and oxygen atoms in total. The van der Waals surface area contributed by atoms with Crippen LogP contribution in [0.3, 0.4) is 0 Å². The Morgan fingerprint density at radius 2 is 1.65 bits per heavy atom. The van der Waals surface area contributed by atoms with Crippen molar-refractivity contribution < 1.29 is 4.79 Å². The SMILES string of the molecule is Cc1ccc(NC(=O)C(C)Sc2nnc(-c3cccnc3)n2-c2ccc(C)cc2)cc1. The third-order valence-corrected chi connectivity index (χ3v) is 5.86. The molecule has 1 N–H and O–H groups in total. The standard InChI is InChI=1S/C24H23N5OS/c1-16-6-10-20(11-7-16)26-23(30)18(3)31-24-28-27-22(19-5-4-14-25-15-19)29(24)21-12-8-17(2)9-13-21/h4-15,18H,1-3H3,(H,26,30). The summed E-state index contributed by atoms with van der Waals surface area (Å²) in [4.78, 5) is 17.0. The van der Waals surface area contributed by atoms with E-state index < -0.39 is 0 Å². The number of rotatable bonds is 6. The zero-order valence-electron chi connectivity index (χ0n) is 17.6. The van der Waals surface area contributed by atoms with Gasteiger partial charge < -0.3 is 5.32 Å². The van der Waals surface area contributed by atoms with Crippen molar-refractivity contribution in [3.63, 3.8) is 0 Å². The average molecular weight is 430 g/mol. The predicted molar refractivity (Wildman–Crippen MR) is 124 cm³/mol. The van der Waals surface area contributed by atoms with E-state index in [1.165, 1.54) is 17.3 Å². The zero-order valence-corrected chi connectivity index (χ0v) is 18.4. The van der Waals surface area contributed by atoms with Gasteiger partial charge in [0.1, 0.15) is 0 Å². The highest BCUT2D eigenvalue weighted by molar-refractivity contribution is 8.00. The van der Waals surface area contributed by atoms with E-state index in [-0.39, 0.29) is 11.2 Å². The van der Waals surface area contributed by atoms with Gasteiger partial charge in [-0.1, -0.05) is 47.2 Å².